The normalized spacial score (nSPS) is 17.5. The van der Waals surface area contributed by atoms with Crippen LogP contribution in [0.2, 0.25) is 0 Å². The number of fused-ring (bicyclic) bond motifs is 1. The van der Waals surface area contributed by atoms with Crippen LogP contribution in [0.3, 0.4) is 0 Å². The first-order chi connectivity index (χ1) is 10.3. The number of halogens is 1. The second-order valence-electron chi connectivity index (χ2n) is 5.67. The van der Waals surface area contributed by atoms with Gasteiger partial charge in [-0.3, -0.25) is 4.79 Å². The fourth-order valence-corrected chi connectivity index (χ4v) is 3.31. The monoisotopic (exact) mass is 318 g/mol. The van der Waals surface area contributed by atoms with Crippen molar-refractivity contribution in [3.05, 3.63) is 48.0 Å². The van der Waals surface area contributed by atoms with E-state index in [0.717, 1.165) is 25.9 Å². The average Bonchev–Trinajstić information content (AvgIpc) is 3.01. The first kappa shape index (κ1) is 16.8. The summed E-state index contributed by atoms with van der Waals surface area (Å²) >= 11 is 0. The number of benzene rings is 2. The van der Waals surface area contributed by atoms with Gasteiger partial charge in [0, 0.05) is 19.5 Å². The highest BCUT2D eigenvalue weighted by Crippen LogP contribution is 2.36. The lowest BCUT2D eigenvalue weighted by Crippen LogP contribution is -2.32. The molecule has 3 nitrogen and oxygen atoms in total. The van der Waals surface area contributed by atoms with E-state index in [-0.39, 0.29) is 24.4 Å². The third-order valence-electron chi connectivity index (χ3n) is 4.34. The molecule has 1 aliphatic rings. The molecule has 1 heterocycles. The number of hydrogen-bond acceptors (Lipinski definition) is 2. The number of amides is 1. The van der Waals surface area contributed by atoms with Crippen molar-refractivity contribution < 1.29 is 4.79 Å². The Labute approximate surface area is 138 Å². The van der Waals surface area contributed by atoms with Gasteiger partial charge in [0.1, 0.15) is 0 Å². The van der Waals surface area contributed by atoms with Crippen LogP contribution in [0.1, 0.15) is 30.9 Å². The molecule has 0 bridgehead atoms. The van der Waals surface area contributed by atoms with Crippen LogP contribution in [-0.4, -0.2) is 30.9 Å². The summed E-state index contributed by atoms with van der Waals surface area (Å²) in [7, 11) is 1.89. The fraction of sp³-hybridized carbons (Fsp3) is 0.389. The van der Waals surface area contributed by atoms with E-state index in [4.69, 9.17) is 0 Å². The molecule has 0 radical (unpaired) electrons. The van der Waals surface area contributed by atoms with Crippen LogP contribution < -0.4 is 5.32 Å². The number of nitrogens with one attached hydrogen (secondary N) is 1. The first-order valence-corrected chi connectivity index (χ1v) is 7.73. The molecule has 1 unspecified atom stereocenters. The minimum atomic E-state index is 0. The summed E-state index contributed by atoms with van der Waals surface area (Å²) in [6.45, 7) is 1.63. The quantitative estimate of drug-likeness (QED) is 0.935. The zero-order chi connectivity index (χ0) is 14.7. The Morgan fingerprint density at radius 2 is 2.00 bits per heavy atom. The third kappa shape index (κ3) is 3.26. The lowest BCUT2D eigenvalue weighted by atomic mass is 9.97. The van der Waals surface area contributed by atoms with Gasteiger partial charge in [-0.25, -0.2) is 0 Å². The second-order valence-corrected chi connectivity index (χ2v) is 5.67. The summed E-state index contributed by atoms with van der Waals surface area (Å²) in [6.07, 6.45) is 2.75. The van der Waals surface area contributed by atoms with Crippen LogP contribution in [0, 0.1) is 0 Å². The van der Waals surface area contributed by atoms with Crippen molar-refractivity contribution in [3.8, 4) is 0 Å². The summed E-state index contributed by atoms with van der Waals surface area (Å²) in [5.74, 6) is 0.264. The predicted molar refractivity (Wildman–Crippen MR) is 93.4 cm³/mol. The lowest BCUT2D eigenvalue weighted by Gasteiger charge is -2.26. The van der Waals surface area contributed by atoms with Gasteiger partial charge in [0.05, 0.1) is 6.04 Å². The molecule has 2 aromatic carbocycles. The molecule has 22 heavy (non-hydrogen) atoms. The molecule has 4 heteroatoms. The smallest absolute Gasteiger partial charge is 0.224 e. The van der Waals surface area contributed by atoms with E-state index >= 15 is 0 Å². The molecule has 1 atom stereocenters. The Balaban J connectivity index is 0.00000176. The van der Waals surface area contributed by atoms with E-state index in [1.807, 2.05) is 7.05 Å². The Bertz CT molecular complexity index is 639. The van der Waals surface area contributed by atoms with Gasteiger partial charge in [-0.2, -0.15) is 0 Å². The van der Waals surface area contributed by atoms with E-state index in [0.29, 0.717) is 6.42 Å². The highest BCUT2D eigenvalue weighted by molar-refractivity contribution is 5.87. The minimum Gasteiger partial charge on any atom is -0.336 e. The number of nitrogens with zero attached hydrogens (tertiary/aromatic N) is 1. The Morgan fingerprint density at radius 3 is 2.82 bits per heavy atom. The Kier molecular flexibility index (Phi) is 5.81. The van der Waals surface area contributed by atoms with Crippen molar-refractivity contribution in [2.75, 3.05) is 20.1 Å². The highest BCUT2D eigenvalue weighted by Gasteiger charge is 2.30. The van der Waals surface area contributed by atoms with Crippen LogP contribution in [0.5, 0.6) is 0 Å². The molecule has 0 spiro atoms. The molecule has 0 aliphatic carbocycles. The topological polar surface area (TPSA) is 32.3 Å². The highest BCUT2D eigenvalue weighted by atomic mass is 35.5. The van der Waals surface area contributed by atoms with Crippen molar-refractivity contribution >= 4 is 29.1 Å². The molecule has 1 fully saturated rings. The third-order valence-corrected chi connectivity index (χ3v) is 4.34. The van der Waals surface area contributed by atoms with Crippen LogP contribution in [0.4, 0.5) is 0 Å². The summed E-state index contributed by atoms with van der Waals surface area (Å²) in [5, 5.41) is 5.59. The molecule has 1 amide bonds. The molecule has 2 aromatic rings. The molecular formula is C18H23ClN2O. The van der Waals surface area contributed by atoms with E-state index in [9.17, 15) is 4.79 Å². The molecule has 118 valence electrons. The molecule has 0 aromatic heterocycles. The number of rotatable bonds is 4. The van der Waals surface area contributed by atoms with Crippen LogP contribution in [-0.2, 0) is 4.79 Å². The molecular weight excluding hydrogens is 296 g/mol. The summed E-state index contributed by atoms with van der Waals surface area (Å²) in [6, 6.07) is 15.1. The van der Waals surface area contributed by atoms with Crippen LogP contribution >= 0.6 is 12.4 Å². The largest absolute Gasteiger partial charge is 0.336 e. The maximum absolute atomic E-state index is 12.4. The Hall–Kier alpha value is -1.58. The van der Waals surface area contributed by atoms with E-state index in [1.165, 1.54) is 16.3 Å². The maximum Gasteiger partial charge on any atom is 0.224 e. The standard InChI is InChI=1S/C18H22N2O.ClH/c1-19-12-11-18(21)20-13-5-10-17(20)16-9-4-7-14-6-2-3-8-15(14)16;/h2-4,6-9,17,19H,5,10-13H2,1H3;1H. The molecule has 0 saturated carbocycles. The first-order valence-electron chi connectivity index (χ1n) is 7.73. The van der Waals surface area contributed by atoms with Crippen molar-refractivity contribution in [2.24, 2.45) is 0 Å². The number of carbonyl (C=O) groups excluding carboxylic acids is 1. The number of likely N-dealkylation sites (tertiary alicyclic amines) is 1. The number of hydrogen-bond donors (Lipinski definition) is 1. The van der Waals surface area contributed by atoms with Crippen molar-refractivity contribution in [2.45, 2.75) is 25.3 Å². The van der Waals surface area contributed by atoms with Crippen molar-refractivity contribution in [3.63, 3.8) is 0 Å². The van der Waals surface area contributed by atoms with Gasteiger partial charge in [-0.1, -0.05) is 42.5 Å². The molecule has 3 rings (SSSR count). The molecule has 1 aliphatic heterocycles. The zero-order valence-electron chi connectivity index (χ0n) is 12.9. The molecule has 1 saturated heterocycles. The van der Waals surface area contributed by atoms with Gasteiger partial charge in [0.15, 0.2) is 0 Å². The summed E-state index contributed by atoms with van der Waals surface area (Å²) < 4.78 is 0. The van der Waals surface area contributed by atoms with Gasteiger partial charge < -0.3 is 10.2 Å². The van der Waals surface area contributed by atoms with Crippen molar-refractivity contribution in [1.82, 2.24) is 10.2 Å². The van der Waals surface area contributed by atoms with E-state index in [1.54, 1.807) is 0 Å². The van der Waals surface area contributed by atoms with Gasteiger partial charge in [-0.05, 0) is 36.2 Å². The summed E-state index contributed by atoms with van der Waals surface area (Å²) in [5.41, 5.74) is 1.29. The lowest BCUT2D eigenvalue weighted by molar-refractivity contribution is -0.132. The van der Waals surface area contributed by atoms with Crippen molar-refractivity contribution in [1.29, 1.82) is 0 Å². The van der Waals surface area contributed by atoms with Crippen LogP contribution in [0.15, 0.2) is 42.5 Å². The maximum atomic E-state index is 12.4. The number of carbonyl (C=O) groups is 1. The second kappa shape index (κ2) is 7.61. The van der Waals surface area contributed by atoms with Gasteiger partial charge in [0.2, 0.25) is 5.91 Å². The SMILES string of the molecule is CNCCC(=O)N1CCCC1c1cccc2ccccc12.Cl. The summed E-state index contributed by atoms with van der Waals surface area (Å²) in [4.78, 5) is 14.5. The average molecular weight is 319 g/mol. The van der Waals surface area contributed by atoms with Crippen LogP contribution in [0.25, 0.3) is 10.8 Å². The fourth-order valence-electron chi connectivity index (χ4n) is 3.31. The van der Waals surface area contributed by atoms with E-state index < -0.39 is 0 Å². The Morgan fingerprint density at radius 1 is 1.23 bits per heavy atom. The van der Waals surface area contributed by atoms with E-state index in [2.05, 4.69) is 52.7 Å². The van der Waals surface area contributed by atoms with Gasteiger partial charge in [0.25, 0.3) is 0 Å². The zero-order valence-corrected chi connectivity index (χ0v) is 13.7. The van der Waals surface area contributed by atoms with Gasteiger partial charge >= 0.3 is 0 Å². The van der Waals surface area contributed by atoms with Gasteiger partial charge in [-0.15, -0.1) is 12.4 Å². The molecule has 1 N–H and O–H groups in total. The minimum absolute atomic E-state index is 0. The predicted octanol–water partition coefficient (Wildman–Crippen LogP) is 3.53.